The van der Waals surface area contributed by atoms with Crippen LogP contribution in [0.3, 0.4) is 0 Å². The number of hydrogen-bond donors (Lipinski definition) is 2. The van der Waals surface area contributed by atoms with Gasteiger partial charge in [0.1, 0.15) is 0 Å². The molecule has 0 saturated carbocycles. The molecular formula is C20H27ClIN5O. The zero-order valence-electron chi connectivity index (χ0n) is 16.0. The van der Waals surface area contributed by atoms with Crippen molar-refractivity contribution in [2.24, 2.45) is 4.99 Å². The Bertz CT molecular complexity index is 753. The number of nitrogens with zero attached hydrogens (tertiary/aromatic N) is 4. The number of aliphatic hydroxyl groups excluding tert-OH is 1. The molecule has 1 fully saturated rings. The van der Waals surface area contributed by atoms with E-state index in [2.05, 4.69) is 38.1 Å². The molecule has 3 rings (SSSR count). The molecule has 6 nitrogen and oxygen atoms in total. The average molecular weight is 516 g/mol. The number of halogens is 2. The summed E-state index contributed by atoms with van der Waals surface area (Å²) in [5.74, 6) is 0.844. The molecule has 8 heteroatoms. The Morgan fingerprint density at radius 2 is 1.93 bits per heavy atom. The molecule has 0 spiro atoms. The van der Waals surface area contributed by atoms with E-state index in [0.29, 0.717) is 6.54 Å². The predicted molar refractivity (Wildman–Crippen MR) is 126 cm³/mol. The van der Waals surface area contributed by atoms with E-state index in [1.54, 1.807) is 12.4 Å². The third-order valence-corrected chi connectivity index (χ3v) is 4.83. The first kappa shape index (κ1) is 22.7. The number of guanidine groups is 1. The Balaban J connectivity index is 0.00000280. The van der Waals surface area contributed by atoms with Crippen molar-refractivity contribution in [1.82, 2.24) is 15.2 Å². The van der Waals surface area contributed by atoms with Gasteiger partial charge in [-0.2, -0.15) is 0 Å². The molecule has 152 valence electrons. The summed E-state index contributed by atoms with van der Waals surface area (Å²) in [5, 5.41) is 14.4. The van der Waals surface area contributed by atoms with Crippen molar-refractivity contribution in [2.75, 3.05) is 44.2 Å². The summed E-state index contributed by atoms with van der Waals surface area (Å²) < 4.78 is 0. The minimum atomic E-state index is -0.630. The number of rotatable bonds is 5. The minimum absolute atomic E-state index is 0. The van der Waals surface area contributed by atoms with E-state index in [0.717, 1.165) is 55.0 Å². The lowest BCUT2D eigenvalue weighted by Crippen LogP contribution is -2.52. The molecule has 0 bridgehead atoms. The molecular weight excluding hydrogens is 489 g/mol. The van der Waals surface area contributed by atoms with E-state index in [1.165, 1.54) is 0 Å². The topological polar surface area (TPSA) is 64.0 Å². The fourth-order valence-corrected chi connectivity index (χ4v) is 3.32. The molecule has 0 radical (unpaired) electrons. The van der Waals surface area contributed by atoms with Crippen LogP contribution < -0.4 is 10.2 Å². The lowest BCUT2D eigenvalue weighted by Gasteiger charge is -2.37. The van der Waals surface area contributed by atoms with Gasteiger partial charge < -0.3 is 20.2 Å². The second-order valence-electron chi connectivity index (χ2n) is 6.44. The van der Waals surface area contributed by atoms with Crippen LogP contribution in [0.1, 0.15) is 18.6 Å². The molecule has 1 aromatic heterocycles. The number of aromatic nitrogens is 1. The average Bonchev–Trinajstić information content (AvgIpc) is 2.72. The number of aliphatic hydroxyl groups is 1. The Hall–Kier alpha value is -1.58. The van der Waals surface area contributed by atoms with Crippen molar-refractivity contribution >= 4 is 47.2 Å². The summed E-state index contributed by atoms with van der Waals surface area (Å²) in [6, 6.07) is 11.6. The summed E-state index contributed by atoms with van der Waals surface area (Å²) >= 11 is 6.11. The molecule has 1 saturated heterocycles. The maximum atomic E-state index is 10.4. The molecule has 1 aromatic carbocycles. The molecule has 28 heavy (non-hydrogen) atoms. The van der Waals surface area contributed by atoms with E-state index in [9.17, 15) is 5.11 Å². The first-order chi connectivity index (χ1) is 13.2. The fourth-order valence-electron chi connectivity index (χ4n) is 3.14. The second kappa shape index (κ2) is 11.4. The van der Waals surface area contributed by atoms with E-state index in [-0.39, 0.29) is 24.0 Å². The number of pyridine rings is 1. The van der Waals surface area contributed by atoms with Gasteiger partial charge in [-0.3, -0.25) is 9.98 Å². The molecule has 2 heterocycles. The molecule has 1 aliphatic rings. The molecule has 2 N–H and O–H groups in total. The van der Waals surface area contributed by atoms with Gasteiger partial charge >= 0.3 is 0 Å². The standard InChI is InChI=1S/C20H26ClN5O.HI/c1-2-23-20(24-15-19(27)16-6-8-22-9-7-16)26-12-10-25(11-13-26)18-5-3-4-17(21)14-18;/h3-9,14,19,27H,2,10-13,15H2,1H3,(H,23,24);1H. The summed E-state index contributed by atoms with van der Waals surface area (Å²) in [7, 11) is 0. The number of benzene rings is 1. The van der Waals surface area contributed by atoms with Crippen LogP contribution in [0.4, 0.5) is 5.69 Å². The Labute approximate surface area is 188 Å². The van der Waals surface area contributed by atoms with Crippen molar-refractivity contribution in [2.45, 2.75) is 13.0 Å². The lowest BCUT2D eigenvalue weighted by atomic mass is 10.1. The predicted octanol–water partition coefficient (Wildman–Crippen LogP) is 3.17. The SMILES string of the molecule is CCNC(=NCC(O)c1ccncc1)N1CCN(c2cccc(Cl)c2)CC1.I. The normalized spacial score (nSPS) is 15.8. The molecule has 1 atom stereocenters. The molecule has 2 aromatic rings. The quantitative estimate of drug-likeness (QED) is 0.364. The van der Waals surface area contributed by atoms with Gasteiger partial charge in [0, 0.05) is 55.8 Å². The Morgan fingerprint density at radius 1 is 1.21 bits per heavy atom. The van der Waals surface area contributed by atoms with Crippen LogP contribution in [0, 0.1) is 0 Å². The summed E-state index contributed by atoms with van der Waals surface area (Å²) in [5.41, 5.74) is 1.98. The maximum absolute atomic E-state index is 10.4. The molecule has 1 aliphatic heterocycles. The molecule has 0 aliphatic carbocycles. The highest BCUT2D eigenvalue weighted by Crippen LogP contribution is 2.21. The van der Waals surface area contributed by atoms with Gasteiger partial charge in [-0.05, 0) is 42.8 Å². The lowest BCUT2D eigenvalue weighted by molar-refractivity contribution is 0.186. The van der Waals surface area contributed by atoms with Crippen molar-refractivity contribution in [3.8, 4) is 0 Å². The second-order valence-corrected chi connectivity index (χ2v) is 6.88. The van der Waals surface area contributed by atoms with Crippen LogP contribution in [-0.4, -0.2) is 60.2 Å². The zero-order valence-corrected chi connectivity index (χ0v) is 19.0. The third kappa shape index (κ3) is 6.22. The first-order valence-corrected chi connectivity index (χ1v) is 9.67. The van der Waals surface area contributed by atoms with Crippen molar-refractivity contribution in [3.63, 3.8) is 0 Å². The van der Waals surface area contributed by atoms with Crippen molar-refractivity contribution < 1.29 is 5.11 Å². The number of anilines is 1. The summed E-state index contributed by atoms with van der Waals surface area (Å²) in [6.07, 6.45) is 2.74. The fraction of sp³-hybridized carbons (Fsp3) is 0.400. The minimum Gasteiger partial charge on any atom is -0.386 e. The van der Waals surface area contributed by atoms with Crippen LogP contribution in [-0.2, 0) is 0 Å². The highest BCUT2D eigenvalue weighted by Gasteiger charge is 2.20. The maximum Gasteiger partial charge on any atom is 0.194 e. The smallest absolute Gasteiger partial charge is 0.194 e. The number of nitrogens with one attached hydrogen (secondary N) is 1. The highest BCUT2D eigenvalue weighted by atomic mass is 127. The summed E-state index contributed by atoms with van der Waals surface area (Å²) in [4.78, 5) is 13.2. The van der Waals surface area contributed by atoms with Crippen molar-refractivity contribution in [1.29, 1.82) is 0 Å². The highest BCUT2D eigenvalue weighted by molar-refractivity contribution is 14.0. The van der Waals surface area contributed by atoms with E-state index < -0.39 is 6.10 Å². The van der Waals surface area contributed by atoms with Gasteiger partial charge in [0.05, 0.1) is 12.6 Å². The largest absolute Gasteiger partial charge is 0.386 e. The van der Waals surface area contributed by atoms with Crippen molar-refractivity contribution in [3.05, 3.63) is 59.4 Å². The Kier molecular flexibility index (Phi) is 9.27. The van der Waals surface area contributed by atoms with E-state index in [4.69, 9.17) is 11.6 Å². The van der Waals surface area contributed by atoms with Gasteiger partial charge in [-0.25, -0.2) is 0 Å². The Morgan fingerprint density at radius 3 is 2.57 bits per heavy atom. The van der Waals surface area contributed by atoms with Crippen LogP contribution in [0.5, 0.6) is 0 Å². The summed E-state index contributed by atoms with van der Waals surface area (Å²) in [6.45, 7) is 6.69. The monoisotopic (exact) mass is 515 g/mol. The van der Waals surface area contributed by atoms with Crippen LogP contribution in [0.15, 0.2) is 53.8 Å². The zero-order chi connectivity index (χ0) is 19.1. The molecule has 1 unspecified atom stereocenters. The van der Waals surface area contributed by atoms with Crippen LogP contribution in [0.25, 0.3) is 0 Å². The van der Waals surface area contributed by atoms with E-state index in [1.807, 2.05) is 30.3 Å². The first-order valence-electron chi connectivity index (χ1n) is 9.29. The number of piperazine rings is 1. The molecule has 0 amide bonds. The van der Waals surface area contributed by atoms with Crippen LogP contribution in [0.2, 0.25) is 5.02 Å². The number of aliphatic imine (C=N–C) groups is 1. The van der Waals surface area contributed by atoms with Gasteiger partial charge in [-0.15, -0.1) is 24.0 Å². The van der Waals surface area contributed by atoms with Crippen LogP contribution >= 0.6 is 35.6 Å². The van der Waals surface area contributed by atoms with Gasteiger partial charge in [0.2, 0.25) is 0 Å². The van der Waals surface area contributed by atoms with Gasteiger partial charge in [0.25, 0.3) is 0 Å². The third-order valence-electron chi connectivity index (χ3n) is 4.59. The van der Waals surface area contributed by atoms with Gasteiger partial charge in [-0.1, -0.05) is 17.7 Å². The number of hydrogen-bond acceptors (Lipinski definition) is 4. The van der Waals surface area contributed by atoms with Gasteiger partial charge in [0.15, 0.2) is 5.96 Å². The van der Waals surface area contributed by atoms with E-state index >= 15 is 0 Å².